The number of aryl methyl sites for hydroxylation is 1. The molecule has 1 fully saturated rings. The van der Waals surface area contributed by atoms with Gasteiger partial charge in [-0.3, -0.25) is 9.69 Å². The summed E-state index contributed by atoms with van der Waals surface area (Å²) < 4.78 is 2.06. The zero-order valence-corrected chi connectivity index (χ0v) is 14.3. The molecule has 0 unspecified atom stereocenters. The predicted molar refractivity (Wildman–Crippen MR) is 87.4 cm³/mol. The third kappa shape index (κ3) is 3.80. The van der Waals surface area contributed by atoms with Crippen molar-refractivity contribution in [3.8, 4) is 0 Å². The van der Waals surface area contributed by atoms with E-state index in [4.69, 9.17) is 0 Å². The standard InChI is InChI=1S/C15H26N4OS/c1-5-18-8-9-19(14(20)10-12(2)21-4)11-13(18)15-16-6-7-17(15)3/h6-7,12-13H,5,8-11H2,1-4H3/t12-,13+/m1/s1. The van der Waals surface area contributed by atoms with Gasteiger partial charge in [0.25, 0.3) is 0 Å². The van der Waals surface area contributed by atoms with Gasteiger partial charge in [0, 0.05) is 50.7 Å². The molecule has 1 aromatic rings. The topological polar surface area (TPSA) is 41.4 Å². The van der Waals surface area contributed by atoms with Crippen LogP contribution in [0.15, 0.2) is 12.4 Å². The maximum atomic E-state index is 12.4. The average molecular weight is 310 g/mol. The second kappa shape index (κ2) is 7.31. The monoisotopic (exact) mass is 310 g/mol. The van der Waals surface area contributed by atoms with E-state index in [1.54, 1.807) is 11.8 Å². The van der Waals surface area contributed by atoms with Crippen LogP contribution in [0.25, 0.3) is 0 Å². The summed E-state index contributed by atoms with van der Waals surface area (Å²) in [4.78, 5) is 21.3. The second-order valence-electron chi connectivity index (χ2n) is 5.63. The van der Waals surface area contributed by atoms with Crippen LogP contribution in [-0.4, -0.2) is 62.9 Å². The highest BCUT2D eigenvalue weighted by Crippen LogP contribution is 2.24. The molecule has 0 spiro atoms. The first-order valence-electron chi connectivity index (χ1n) is 7.58. The van der Waals surface area contributed by atoms with E-state index in [1.165, 1.54) is 0 Å². The van der Waals surface area contributed by atoms with Gasteiger partial charge in [0.2, 0.25) is 5.91 Å². The number of carbonyl (C=O) groups is 1. The van der Waals surface area contributed by atoms with Crippen molar-refractivity contribution in [3.63, 3.8) is 0 Å². The smallest absolute Gasteiger partial charge is 0.223 e. The highest BCUT2D eigenvalue weighted by molar-refractivity contribution is 7.99. The van der Waals surface area contributed by atoms with E-state index in [1.807, 2.05) is 24.3 Å². The van der Waals surface area contributed by atoms with Gasteiger partial charge >= 0.3 is 0 Å². The summed E-state index contributed by atoms with van der Waals surface area (Å²) in [6.07, 6.45) is 6.49. The number of rotatable bonds is 5. The van der Waals surface area contributed by atoms with Crippen molar-refractivity contribution in [2.45, 2.75) is 31.6 Å². The molecule has 1 amide bonds. The zero-order valence-electron chi connectivity index (χ0n) is 13.5. The van der Waals surface area contributed by atoms with Crippen molar-refractivity contribution < 1.29 is 4.79 Å². The molecular formula is C15H26N4OS. The molecule has 2 heterocycles. The largest absolute Gasteiger partial charge is 0.339 e. The van der Waals surface area contributed by atoms with Crippen LogP contribution in [0.3, 0.4) is 0 Å². The Bertz CT molecular complexity index is 476. The number of thioether (sulfide) groups is 1. The Morgan fingerprint density at radius 2 is 2.29 bits per heavy atom. The number of piperazine rings is 1. The minimum absolute atomic E-state index is 0.206. The molecule has 5 nitrogen and oxygen atoms in total. The molecule has 6 heteroatoms. The molecule has 0 radical (unpaired) electrons. The number of nitrogens with zero attached hydrogens (tertiary/aromatic N) is 4. The van der Waals surface area contributed by atoms with E-state index in [2.05, 4.69) is 34.6 Å². The first kappa shape index (κ1) is 16.4. The summed E-state index contributed by atoms with van der Waals surface area (Å²) in [5, 5.41) is 0.383. The maximum absolute atomic E-state index is 12.4. The third-order valence-electron chi connectivity index (χ3n) is 4.27. The highest BCUT2D eigenvalue weighted by Gasteiger charge is 2.32. The molecule has 2 rings (SSSR count). The minimum atomic E-state index is 0.206. The maximum Gasteiger partial charge on any atom is 0.223 e. The predicted octanol–water partition coefficient (Wildman–Crippen LogP) is 1.77. The number of likely N-dealkylation sites (N-methyl/N-ethyl adjacent to an activating group) is 1. The van der Waals surface area contributed by atoms with Crippen LogP contribution in [0.2, 0.25) is 0 Å². The summed E-state index contributed by atoms with van der Waals surface area (Å²) in [6.45, 7) is 7.77. The lowest BCUT2D eigenvalue weighted by Gasteiger charge is -2.40. The van der Waals surface area contributed by atoms with E-state index in [-0.39, 0.29) is 11.9 Å². The Balaban J connectivity index is 2.08. The highest BCUT2D eigenvalue weighted by atomic mass is 32.2. The van der Waals surface area contributed by atoms with Crippen LogP contribution in [0, 0.1) is 0 Å². The first-order valence-corrected chi connectivity index (χ1v) is 8.87. The lowest BCUT2D eigenvalue weighted by molar-refractivity contribution is -0.134. The van der Waals surface area contributed by atoms with Gasteiger partial charge in [-0.15, -0.1) is 0 Å². The van der Waals surface area contributed by atoms with Crippen molar-refractivity contribution in [2.75, 3.05) is 32.4 Å². The molecule has 0 saturated carbocycles. The van der Waals surface area contributed by atoms with Crippen LogP contribution in [-0.2, 0) is 11.8 Å². The van der Waals surface area contributed by atoms with Crippen LogP contribution >= 0.6 is 11.8 Å². The fourth-order valence-corrected chi connectivity index (χ4v) is 3.14. The van der Waals surface area contributed by atoms with Gasteiger partial charge in [0.15, 0.2) is 0 Å². The van der Waals surface area contributed by atoms with Gasteiger partial charge in [-0.25, -0.2) is 4.98 Å². The van der Waals surface area contributed by atoms with Crippen molar-refractivity contribution in [3.05, 3.63) is 18.2 Å². The molecular weight excluding hydrogens is 284 g/mol. The van der Waals surface area contributed by atoms with Crippen molar-refractivity contribution in [1.29, 1.82) is 0 Å². The zero-order chi connectivity index (χ0) is 15.4. The van der Waals surface area contributed by atoms with E-state index in [9.17, 15) is 4.79 Å². The lowest BCUT2D eigenvalue weighted by atomic mass is 10.1. The molecule has 0 bridgehead atoms. The summed E-state index contributed by atoms with van der Waals surface area (Å²) in [7, 11) is 2.02. The van der Waals surface area contributed by atoms with Crippen molar-refractivity contribution >= 4 is 17.7 Å². The molecule has 0 aromatic carbocycles. The fourth-order valence-electron chi connectivity index (χ4n) is 2.83. The van der Waals surface area contributed by atoms with Gasteiger partial charge in [-0.2, -0.15) is 11.8 Å². The number of hydrogen-bond donors (Lipinski definition) is 0. The number of imidazole rings is 1. The van der Waals surface area contributed by atoms with Gasteiger partial charge in [0.05, 0.1) is 6.04 Å². The Labute approximate surface area is 131 Å². The van der Waals surface area contributed by atoms with E-state index >= 15 is 0 Å². The molecule has 118 valence electrons. The molecule has 0 aliphatic carbocycles. The fraction of sp³-hybridized carbons (Fsp3) is 0.733. The average Bonchev–Trinajstić information content (AvgIpc) is 2.92. The summed E-state index contributed by atoms with van der Waals surface area (Å²) in [5.41, 5.74) is 0. The quantitative estimate of drug-likeness (QED) is 0.831. The summed E-state index contributed by atoms with van der Waals surface area (Å²) >= 11 is 1.75. The molecule has 21 heavy (non-hydrogen) atoms. The van der Waals surface area contributed by atoms with Crippen LogP contribution < -0.4 is 0 Å². The molecule has 0 N–H and O–H groups in total. The SMILES string of the molecule is CCN1CCN(C(=O)C[C@@H](C)SC)C[C@H]1c1nccn1C. The van der Waals surface area contributed by atoms with Crippen LogP contribution in [0.1, 0.15) is 32.1 Å². The molecule has 1 aliphatic heterocycles. The van der Waals surface area contributed by atoms with Crippen LogP contribution in [0.4, 0.5) is 0 Å². The number of amides is 1. The Hall–Kier alpha value is -1.01. The van der Waals surface area contributed by atoms with Gasteiger partial charge < -0.3 is 9.47 Å². The van der Waals surface area contributed by atoms with Gasteiger partial charge in [-0.05, 0) is 12.8 Å². The normalized spacial score (nSPS) is 21.5. The summed E-state index contributed by atoms with van der Waals surface area (Å²) in [6, 6.07) is 0.206. The van der Waals surface area contributed by atoms with Gasteiger partial charge in [-0.1, -0.05) is 13.8 Å². The summed E-state index contributed by atoms with van der Waals surface area (Å²) in [5.74, 6) is 1.32. The van der Waals surface area contributed by atoms with E-state index < -0.39 is 0 Å². The second-order valence-corrected chi connectivity index (χ2v) is 6.91. The Morgan fingerprint density at radius 3 is 2.86 bits per heavy atom. The van der Waals surface area contributed by atoms with Crippen molar-refractivity contribution in [2.24, 2.45) is 7.05 Å². The van der Waals surface area contributed by atoms with E-state index in [0.29, 0.717) is 11.7 Å². The molecule has 1 aromatic heterocycles. The first-order chi connectivity index (χ1) is 10.1. The van der Waals surface area contributed by atoms with Crippen LogP contribution in [0.5, 0.6) is 0 Å². The van der Waals surface area contributed by atoms with Crippen molar-refractivity contribution in [1.82, 2.24) is 19.4 Å². The number of carbonyl (C=O) groups excluding carboxylic acids is 1. The number of aromatic nitrogens is 2. The number of hydrogen-bond acceptors (Lipinski definition) is 4. The molecule has 1 saturated heterocycles. The van der Waals surface area contributed by atoms with Gasteiger partial charge in [0.1, 0.15) is 5.82 Å². The third-order valence-corrected chi connectivity index (χ3v) is 5.24. The molecule has 2 atom stereocenters. The minimum Gasteiger partial charge on any atom is -0.339 e. The Morgan fingerprint density at radius 1 is 1.52 bits per heavy atom. The van der Waals surface area contributed by atoms with E-state index in [0.717, 1.165) is 32.0 Å². The Kier molecular flexibility index (Phi) is 5.70. The lowest BCUT2D eigenvalue weighted by Crippen LogP contribution is -2.51. The molecule has 1 aliphatic rings.